The van der Waals surface area contributed by atoms with E-state index in [1.165, 1.54) is 18.5 Å². The van der Waals surface area contributed by atoms with Crippen LogP contribution >= 0.6 is 0 Å². The van der Waals surface area contributed by atoms with Crippen molar-refractivity contribution in [2.24, 2.45) is 5.92 Å². The molecule has 4 nitrogen and oxygen atoms in total. The van der Waals surface area contributed by atoms with Crippen molar-refractivity contribution in [3.05, 3.63) is 48.2 Å². The smallest absolute Gasteiger partial charge is 0.132 e. The Kier molecular flexibility index (Phi) is 3.90. The lowest BCUT2D eigenvalue weighted by Crippen LogP contribution is -2.36. The Bertz CT molecular complexity index is 555. The Morgan fingerprint density at radius 3 is 3.00 bits per heavy atom. The third-order valence-electron chi connectivity index (χ3n) is 3.86. The zero-order chi connectivity index (χ0) is 13.8. The Morgan fingerprint density at radius 2 is 2.20 bits per heavy atom. The molecule has 0 aromatic carbocycles. The van der Waals surface area contributed by atoms with Crippen LogP contribution in [0.3, 0.4) is 0 Å². The van der Waals surface area contributed by atoms with E-state index in [4.69, 9.17) is 0 Å². The number of hydrogen-bond acceptors (Lipinski definition) is 4. The molecule has 0 saturated carbocycles. The van der Waals surface area contributed by atoms with Crippen molar-refractivity contribution >= 4 is 5.82 Å². The third kappa shape index (κ3) is 3.13. The molecule has 1 aliphatic heterocycles. The quantitative estimate of drug-likeness (QED) is 0.858. The van der Waals surface area contributed by atoms with E-state index in [0.29, 0.717) is 5.92 Å². The summed E-state index contributed by atoms with van der Waals surface area (Å²) >= 11 is 0. The molecule has 1 unspecified atom stereocenters. The number of rotatable bonds is 3. The van der Waals surface area contributed by atoms with Gasteiger partial charge in [0.1, 0.15) is 12.1 Å². The van der Waals surface area contributed by atoms with E-state index >= 15 is 0 Å². The second kappa shape index (κ2) is 5.99. The minimum atomic E-state index is 0.661. The van der Waals surface area contributed by atoms with Gasteiger partial charge >= 0.3 is 0 Å². The predicted molar refractivity (Wildman–Crippen MR) is 79.6 cm³/mol. The van der Waals surface area contributed by atoms with Crippen LogP contribution in [0.2, 0.25) is 0 Å². The van der Waals surface area contributed by atoms with Gasteiger partial charge < -0.3 is 4.90 Å². The highest BCUT2D eigenvalue weighted by Crippen LogP contribution is 2.23. The Labute approximate surface area is 119 Å². The topological polar surface area (TPSA) is 41.9 Å². The summed E-state index contributed by atoms with van der Waals surface area (Å²) in [7, 11) is 0. The van der Waals surface area contributed by atoms with Crippen LogP contribution in [0.15, 0.2) is 36.8 Å². The first kappa shape index (κ1) is 13.0. The van der Waals surface area contributed by atoms with E-state index in [1.807, 2.05) is 19.2 Å². The maximum Gasteiger partial charge on any atom is 0.132 e. The molecule has 20 heavy (non-hydrogen) atoms. The van der Waals surface area contributed by atoms with Gasteiger partial charge in [0.15, 0.2) is 0 Å². The van der Waals surface area contributed by atoms with Crippen LogP contribution < -0.4 is 4.90 Å². The highest BCUT2D eigenvalue weighted by atomic mass is 15.2. The molecule has 0 spiro atoms. The standard InChI is InChI=1S/C16H20N4/c1-13-9-16(19-12-18-13)20-8-4-5-14(11-20)10-15-6-2-3-7-17-15/h2-3,6-7,9,12,14H,4-5,8,10-11H2,1H3. The summed E-state index contributed by atoms with van der Waals surface area (Å²) in [4.78, 5) is 15.4. The van der Waals surface area contributed by atoms with E-state index in [1.54, 1.807) is 6.33 Å². The number of piperidine rings is 1. The number of anilines is 1. The van der Waals surface area contributed by atoms with Crippen molar-refractivity contribution in [3.63, 3.8) is 0 Å². The van der Waals surface area contributed by atoms with Gasteiger partial charge in [0.05, 0.1) is 0 Å². The van der Waals surface area contributed by atoms with Crippen LogP contribution in [0.25, 0.3) is 0 Å². The van der Waals surface area contributed by atoms with Gasteiger partial charge in [-0.1, -0.05) is 6.07 Å². The Hall–Kier alpha value is -1.97. The highest BCUT2D eigenvalue weighted by Gasteiger charge is 2.21. The molecule has 4 heteroatoms. The molecule has 0 amide bonds. The zero-order valence-corrected chi connectivity index (χ0v) is 11.9. The lowest BCUT2D eigenvalue weighted by molar-refractivity contribution is 0.408. The number of aryl methyl sites for hydroxylation is 1. The van der Waals surface area contributed by atoms with Crippen molar-refractivity contribution in [2.75, 3.05) is 18.0 Å². The Morgan fingerprint density at radius 1 is 1.25 bits per heavy atom. The minimum Gasteiger partial charge on any atom is -0.356 e. The maximum absolute atomic E-state index is 4.44. The molecule has 2 aromatic heterocycles. The number of hydrogen-bond donors (Lipinski definition) is 0. The molecule has 0 radical (unpaired) electrons. The van der Waals surface area contributed by atoms with E-state index in [0.717, 1.165) is 31.0 Å². The highest BCUT2D eigenvalue weighted by molar-refractivity contribution is 5.39. The zero-order valence-electron chi connectivity index (χ0n) is 11.9. The molecule has 104 valence electrons. The predicted octanol–water partition coefficient (Wildman–Crippen LogP) is 2.64. The molecule has 1 atom stereocenters. The summed E-state index contributed by atoms with van der Waals surface area (Å²) < 4.78 is 0. The lowest BCUT2D eigenvalue weighted by Gasteiger charge is -2.33. The summed E-state index contributed by atoms with van der Waals surface area (Å²) in [6, 6.07) is 8.23. The lowest BCUT2D eigenvalue weighted by atomic mass is 9.93. The second-order valence-electron chi connectivity index (χ2n) is 5.50. The van der Waals surface area contributed by atoms with Gasteiger partial charge in [-0.3, -0.25) is 4.98 Å². The average Bonchev–Trinajstić information content (AvgIpc) is 2.49. The molecule has 0 bridgehead atoms. The average molecular weight is 268 g/mol. The van der Waals surface area contributed by atoms with Crippen LogP contribution in [-0.2, 0) is 6.42 Å². The first-order valence-corrected chi connectivity index (χ1v) is 7.25. The van der Waals surface area contributed by atoms with Crippen molar-refractivity contribution < 1.29 is 0 Å². The minimum absolute atomic E-state index is 0.661. The normalized spacial score (nSPS) is 19.1. The van der Waals surface area contributed by atoms with Gasteiger partial charge in [-0.2, -0.15) is 0 Å². The van der Waals surface area contributed by atoms with E-state index in [9.17, 15) is 0 Å². The van der Waals surface area contributed by atoms with Crippen molar-refractivity contribution in [1.29, 1.82) is 0 Å². The van der Waals surface area contributed by atoms with Crippen molar-refractivity contribution in [2.45, 2.75) is 26.2 Å². The first-order chi connectivity index (χ1) is 9.81. The molecule has 1 saturated heterocycles. The first-order valence-electron chi connectivity index (χ1n) is 7.25. The fraction of sp³-hybridized carbons (Fsp3) is 0.438. The number of pyridine rings is 1. The Balaban J connectivity index is 1.67. The van der Waals surface area contributed by atoms with Crippen LogP contribution in [0.1, 0.15) is 24.2 Å². The van der Waals surface area contributed by atoms with E-state index in [2.05, 4.69) is 38.1 Å². The third-order valence-corrected chi connectivity index (χ3v) is 3.86. The van der Waals surface area contributed by atoms with Crippen LogP contribution in [0, 0.1) is 12.8 Å². The molecule has 3 heterocycles. The molecular weight excluding hydrogens is 248 g/mol. The molecule has 0 N–H and O–H groups in total. The van der Waals surface area contributed by atoms with E-state index < -0.39 is 0 Å². The molecule has 2 aromatic rings. The largest absolute Gasteiger partial charge is 0.356 e. The van der Waals surface area contributed by atoms with Gasteiger partial charge in [-0.05, 0) is 44.2 Å². The van der Waals surface area contributed by atoms with Gasteiger partial charge in [-0.15, -0.1) is 0 Å². The molecule has 1 aliphatic rings. The van der Waals surface area contributed by atoms with Crippen LogP contribution in [0.5, 0.6) is 0 Å². The number of aromatic nitrogens is 3. The summed E-state index contributed by atoms with van der Waals surface area (Å²) in [6.45, 7) is 4.17. The summed E-state index contributed by atoms with van der Waals surface area (Å²) in [5, 5.41) is 0. The van der Waals surface area contributed by atoms with E-state index in [-0.39, 0.29) is 0 Å². The SMILES string of the molecule is Cc1cc(N2CCCC(Cc3ccccn3)C2)ncn1. The fourth-order valence-electron chi connectivity index (χ4n) is 2.87. The van der Waals surface area contributed by atoms with Gasteiger partial charge in [0.25, 0.3) is 0 Å². The van der Waals surface area contributed by atoms with Gasteiger partial charge in [-0.25, -0.2) is 9.97 Å². The van der Waals surface area contributed by atoms with Crippen LogP contribution in [-0.4, -0.2) is 28.0 Å². The van der Waals surface area contributed by atoms with Crippen LogP contribution in [0.4, 0.5) is 5.82 Å². The number of nitrogens with zero attached hydrogens (tertiary/aromatic N) is 4. The maximum atomic E-state index is 4.44. The summed E-state index contributed by atoms with van der Waals surface area (Å²) in [6.07, 6.45) is 7.09. The molecule has 3 rings (SSSR count). The fourth-order valence-corrected chi connectivity index (χ4v) is 2.87. The molecule has 0 aliphatic carbocycles. The molecule has 1 fully saturated rings. The molecular formula is C16H20N4. The van der Waals surface area contributed by atoms with Gasteiger partial charge in [0, 0.05) is 36.7 Å². The summed E-state index contributed by atoms with van der Waals surface area (Å²) in [5.74, 6) is 1.72. The summed E-state index contributed by atoms with van der Waals surface area (Å²) in [5.41, 5.74) is 2.22. The van der Waals surface area contributed by atoms with Gasteiger partial charge in [0.2, 0.25) is 0 Å². The van der Waals surface area contributed by atoms with Crippen molar-refractivity contribution in [3.8, 4) is 0 Å². The van der Waals surface area contributed by atoms with Crippen molar-refractivity contribution in [1.82, 2.24) is 15.0 Å². The monoisotopic (exact) mass is 268 g/mol. The second-order valence-corrected chi connectivity index (χ2v) is 5.50.